The molecule has 0 bridgehead atoms. The van der Waals surface area contributed by atoms with Crippen molar-refractivity contribution in [1.29, 1.82) is 0 Å². The van der Waals surface area contributed by atoms with E-state index in [2.05, 4.69) is 20.8 Å². The van der Waals surface area contributed by atoms with Gasteiger partial charge in [-0.15, -0.1) is 10.2 Å². The van der Waals surface area contributed by atoms with E-state index in [0.717, 1.165) is 20.3 Å². The second-order valence-corrected chi connectivity index (χ2v) is 9.37. The molecule has 4 rings (SSSR count). The van der Waals surface area contributed by atoms with E-state index in [-0.39, 0.29) is 17.9 Å². The normalized spacial score (nSPS) is 10.8. The Morgan fingerprint density at radius 2 is 1.91 bits per heavy atom. The number of nitrogens with two attached hydrogens (primary N) is 1. The van der Waals surface area contributed by atoms with Gasteiger partial charge in [0.05, 0.1) is 6.54 Å². The van der Waals surface area contributed by atoms with Crippen LogP contribution in [0.4, 0.5) is 5.69 Å². The van der Waals surface area contributed by atoms with Crippen molar-refractivity contribution in [2.75, 3.05) is 11.9 Å². The predicted molar refractivity (Wildman–Crippen MR) is 126 cm³/mol. The summed E-state index contributed by atoms with van der Waals surface area (Å²) in [6, 6.07) is 13.8. The molecule has 0 saturated heterocycles. The first kappa shape index (κ1) is 22.5. The van der Waals surface area contributed by atoms with Crippen molar-refractivity contribution in [2.24, 2.45) is 5.73 Å². The first-order valence-corrected chi connectivity index (χ1v) is 11.6. The first-order chi connectivity index (χ1) is 15.9. The monoisotopic (exact) mass is 481 g/mol. The minimum Gasteiger partial charge on any atom is -0.451 e. The van der Waals surface area contributed by atoms with E-state index in [4.69, 9.17) is 10.2 Å². The summed E-state index contributed by atoms with van der Waals surface area (Å²) in [5.41, 5.74) is 7.09. The molecule has 0 aliphatic rings. The number of aromatic nitrogens is 2. The molecule has 0 aliphatic heterocycles. The van der Waals surface area contributed by atoms with Gasteiger partial charge in [-0.1, -0.05) is 47.4 Å². The van der Waals surface area contributed by atoms with E-state index >= 15 is 0 Å². The van der Waals surface area contributed by atoms with Gasteiger partial charge < -0.3 is 20.8 Å². The third-order valence-corrected chi connectivity index (χ3v) is 6.56. The van der Waals surface area contributed by atoms with Gasteiger partial charge in [-0.3, -0.25) is 14.4 Å². The minimum absolute atomic E-state index is 0.188. The molecule has 3 amide bonds. The third kappa shape index (κ3) is 5.38. The van der Waals surface area contributed by atoms with Crippen molar-refractivity contribution in [2.45, 2.75) is 17.0 Å². The zero-order chi connectivity index (χ0) is 23.4. The van der Waals surface area contributed by atoms with Crippen LogP contribution in [0.1, 0.15) is 31.5 Å². The first-order valence-electron chi connectivity index (χ1n) is 9.82. The van der Waals surface area contributed by atoms with Crippen molar-refractivity contribution in [3.63, 3.8) is 0 Å². The standard InChI is InChI=1S/C22H19N5O4S2/c1-12-26-27-22(33-12)32-11-16-15-7-2-3-8-17(15)31-19(16)21(30)25-14-6-4-5-13(9-14)20(29)24-10-18(23)28/h2-9H,10-11H2,1H3,(H2,23,28)(H,24,29)(H,25,30). The molecule has 0 atom stereocenters. The smallest absolute Gasteiger partial charge is 0.291 e. The number of nitrogens with one attached hydrogen (secondary N) is 2. The van der Waals surface area contributed by atoms with Gasteiger partial charge in [0.2, 0.25) is 5.91 Å². The number of hydrogen-bond acceptors (Lipinski definition) is 8. The molecule has 0 fully saturated rings. The average Bonchev–Trinajstić information content (AvgIpc) is 3.39. The second-order valence-electron chi connectivity index (χ2n) is 6.97. The summed E-state index contributed by atoms with van der Waals surface area (Å²) in [7, 11) is 0. The molecule has 0 radical (unpaired) electrons. The molecule has 0 spiro atoms. The lowest BCUT2D eigenvalue weighted by Crippen LogP contribution is -2.33. The Bertz CT molecular complexity index is 1350. The summed E-state index contributed by atoms with van der Waals surface area (Å²) in [6.07, 6.45) is 0. The number of fused-ring (bicyclic) bond motifs is 1. The van der Waals surface area contributed by atoms with Crippen LogP contribution in [-0.4, -0.2) is 34.5 Å². The Kier molecular flexibility index (Phi) is 6.71. The number of carbonyl (C=O) groups excluding carboxylic acids is 3. The number of benzene rings is 2. The van der Waals surface area contributed by atoms with Crippen LogP contribution in [0.25, 0.3) is 11.0 Å². The van der Waals surface area contributed by atoms with E-state index in [9.17, 15) is 14.4 Å². The van der Waals surface area contributed by atoms with Crippen LogP contribution in [0.3, 0.4) is 0 Å². The highest BCUT2D eigenvalue weighted by atomic mass is 32.2. The van der Waals surface area contributed by atoms with Gasteiger partial charge in [-0.25, -0.2) is 0 Å². The summed E-state index contributed by atoms with van der Waals surface area (Å²) in [6.45, 7) is 1.61. The maximum absolute atomic E-state index is 13.1. The Labute approximate surface area is 196 Å². The Morgan fingerprint density at radius 1 is 1.09 bits per heavy atom. The number of hydrogen-bond donors (Lipinski definition) is 3. The van der Waals surface area contributed by atoms with Gasteiger partial charge in [0.15, 0.2) is 10.1 Å². The quantitative estimate of drug-likeness (QED) is 0.328. The molecule has 0 saturated carbocycles. The Hall–Kier alpha value is -3.70. The SMILES string of the molecule is Cc1nnc(SCc2c(C(=O)Nc3cccc(C(=O)NCC(N)=O)c3)oc3ccccc23)s1. The second kappa shape index (κ2) is 9.84. The fraction of sp³-hybridized carbons (Fsp3) is 0.136. The molecule has 0 unspecified atom stereocenters. The zero-order valence-electron chi connectivity index (χ0n) is 17.5. The highest BCUT2D eigenvalue weighted by molar-refractivity contribution is 8.00. The molecule has 4 aromatic rings. The van der Waals surface area contributed by atoms with E-state index < -0.39 is 17.7 Å². The fourth-order valence-electron chi connectivity index (χ4n) is 3.09. The van der Waals surface area contributed by atoms with E-state index in [1.54, 1.807) is 24.3 Å². The lowest BCUT2D eigenvalue weighted by molar-refractivity contribution is -0.117. The summed E-state index contributed by atoms with van der Waals surface area (Å²) in [5, 5.41) is 15.1. The van der Waals surface area contributed by atoms with Gasteiger partial charge in [0, 0.05) is 28.0 Å². The lowest BCUT2D eigenvalue weighted by Gasteiger charge is -2.08. The number of nitrogens with zero attached hydrogens (tertiary/aromatic N) is 2. The maximum Gasteiger partial charge on any atom is 0.291 e. The number of rotatable bonds is 8. The van der Waals surface area contributed by atoms with Crippen molar-refractivity contribution in [3.05, 3.63) is 70.4 Å². The maximum atomic E-state index is 13.1. The minimum atomic E-state index is -0.646. The predicted octanol–water partition coefficient (Wildman–Crippen LogP) is 3.35. The van der Waals surface area contributed by atoms with E-state index in [1.165, 1.54) is 29.2 Å². The van der Waals surface area contributed by atoms with Crippen molar-refractivity contribution >= 4 is 57.5 Å². The molecule has 168 valence electrons. The molecule has 11 heteroatoms. The Morgan fingerprint density at radius 3 is 2.67 bits per heavy atom. The van der Waals surface area contributed by atoms with Gasteiger partial charge in [-0.2, -0.15) is 0 Å². The Balaban J connectivity index is 1.56. The van der Waals surface area contributed by atoms with Gasteiger partial charge in [0.1, 0.15) is 10.6 Å². The number of furan rings is 1. The van der Waals surface area contributed by atoms with Crippen LogP contribution in [0.15, 0.2) is 57.3 Å². The number of carbonyl (C=O) groups is 3. The van der Waals surface area contributed by atoms with Gasteiger partial charge >= 0.3 is 0 Å². The fourth-order valence-corrected chi connectivity index (χ4v) is 4.93. The summed E-state index contributed by atoms with van der Waals surface area (Å²) >= 11 is 2.96. The zero-order valence-corrected chi connectivity index (χ0v) is 19.1. The molecule has 2 heterocycles. The van der Waals surface area contributed by atoms with Crippen LogP contribution in [-0.2, 0) is 10.5 Å². The number of thioether (sulfide) groups is 1. The number of amides is 3. The molecule has 33 heavy (non-hydrogen) atoms. The topological polar surface area (TPSA) is 140 Å². The molecular weight excluding hydrogens is 462 g/mol. The van der Waals surface area contributed by atoms with Crippen LogP contribution < -0.4 is 16.4 Å². The van der Waals surface area contributed by atoms with Crippen LogP contribution >= 0.6 is 23.1 Å². The number of aryl methyl sites for hydroxylation is 1. The molecule has 0 aliphatic carbocycles. The summed E-state index contributed by atoms with van der Waals surface area (Å²) in [5.74, 6) is -0.896. The lowest BCUT2D eigenvalue weighted by atomic mass is 10.1. The van der Waals surface area contributed by atoms with Crippen molar-refractivity contribution in [1.82, 2.24) is 15.5 Å². The van der Waals surface area contributed by atoms with Crippen LogP contribution in [0.5, 0.6) is 0 Å². The molecule has 2 aromatic heterocycles. The summed E-state index contributed by atoms with van der Waals surface area (Å²) in [4.78, 5) is 36.2. The highest BCUT2D eigenvalue weighted by Gasteiger charge is 2.21. The van der Waals surface area contributed by atoms with E-state index in [1.807, 2.05) is 25.1 Å². The molecular formula is C22H19N5O4S2. The molecule has 4 N–H and O–H groups in total. The van der Waals surface area contributed by atoms with Crippen LogP contribution in [0, 0.1) is 6.92 Å². The number of anilines is 1. The van der Waals surface area contributed by atoms with Gasteiger partial charge in [-0.05, 0) is 31.2 Å². The largest absolute Gasteiger partial charge is 0.451 e. The van der Waals surface area contributed by atoms with Gasteiger partial charge in [0.25, 0.3) is 11.8 Å². The third-order valence-electron chi connectivity index (χ3n) is 4.56. The van der Waals surface area contributed by atoms with Crippen molar-refractivity contribution in [3.8, 4) is 0 Å². The number of para-hydroxylation sites is 1. The van der Waals surface area contributed by atoms with Crippen molar-refractivity contribution < 1.29 is 18.8 Å². The average molecular weight is 482 g/mol. The van der Waals surface area contributed by atoms with E-state index in [0.29, 0.717) is 17.0 Å². The highest BCUT2D eigenvalue weighted by Crippen LogP contribution is 2.33. The molecule has 2 aromatic carbocycles. The van der Waals surface area contributed by atoms with Crippen LogP contribution in [0.2, 0.25) is 0 Å². The number of primary amides is 1. The molecule has 9 nitrogen and oxygen atoms in total. The summed E-state index contributed by atoms with van der Waals surface area (Å²) < 4.78 is 6.69.